The number of carbonyl (C=O) groups excluding carboxylic acids is 2. The summed E-state index contributed by atoms with van der Waals surface area (Å²) >= 11 is 2.22. The van der Waals surface area contributed by atoms with Gasteiger partial charge in [0.05, 0.1) is 6.42 Å². The van der Waals surface area contributed by atoms with E-state index in [1.54, 1.807) is 4.90 Å². The molecule has 4 nitrogen and oxygen atoms in total. The highest BCUT2D eigenvalue weighted by atomic mass is 127. The van der Waals surface area contributed by atoms with Crippen LogP contribution in [-0.4, -0.2) is 18.4 Å². The lowest BCUT2D eigenvalue weighted by molar-refractivity contribution is -0.117. The van der Waals surface area contributed by atoms with Crippen LogP contribution in [0.5, 0.6) is 0 Å². The molecule has 0 radical (unpaired) electrons. The van der Waals surface area contributed by atoms with E-state index in [0.29, 0.717) is 12.8 Å². The molecule has 0 spiro atoms. The van der Waals surface area contributed by atoms with Gasteiger partial charge in [-0.3, -0.25) is 9.59 Å². The molecule has 1 saturated heterocycles. The molecule has 0 atom stereocenters. The molecule has 1 fully saturated rings. The van der Waals surface area contributed by atoms with Crippen molar-refractivity contribution in [1.29, 1.82) is 0 Å². The number of hydrogen-bond donors (Lipinski definition) is 1. The second kappa shape index (κ2) is 7.12. The fourth-order valence-corrected chi connectivity index (χ4v) is 3.21. The Balaban J connectivity index is 1.61. The average Bonchev–Trinajstić information content (AvgIpc) is 2.94. The van der Waals surface area contributed by atoms with Crippen LogP contribution in [0.4, 0.5) is 11.4 Å². The van der Waals surface area contributed by atoms with Crippen LogP contribution in [0.1, 0.15) is 18.4 Å². The number of hydrogen-bond acceptors (Lipinski definition) is 2. The van der Waals surface area contributed by atoms with Crippen LogP contribution in [0.25, 0.3) is 0 Å². The van der Waals surface area contributed by atoms with Crippen molar-refractivity contribution in [2.45, 2.75) is 19.3 Å². The maximum Gasteiger partial charge on any atom is 0.228 e. The fraction of sp³-hybridized carbons (Fsp3) is 0.222. The lowest BCUT2D eigenvalue weighted by atomic mass is 10.1. The molecule has 118 valence electrons. The number of halogens is 1. The van der Waals surface area contributed by atoms with Gasteiger partial charge in [0.1, 0.15) is 0 Å². The van der Waals surface area contributed by atoms with E-state index in [1.165, 1.54) is 0 Å². The molecule has 1 aliphatic heterocycles. The molecule has 0 aromatic heterocycles. The minimum Gasteiger partial charge on any atom is -0.326 e. The van der Waals surface area contributed by atoms with E-state index in [-0.39, 0.29) is 11.8 Å². The minimum absolute atomic E-state index is 0.0444. The first-order valence-electron chi connectivity index (χ1n) is 7.56. The zero-order valence-corrected chi connectivity index (χ0v) is 14.7. The number of nitrogens with zero attached hydrogens (tertiary/aromatic N) is 1. The van der Waals surface area contributed by atoms with E-state index in [4.69, 9.17) is 0 Å². The first-order valence-corrected chi connectivity index (χ1v) is 8.64. The van der Waals surface area contributed by atoms with E-state index in [9.17, 15) is 9.59 Å². The maximum absolute atomic E-state index is 12.1. The summed E-state index contributed by atoms with van der Waals surface area (Å²) in [5, 5.41) is 2.90. The van der Waals surface area contributed by atoms with Crippen LogP contribution < -0.4 is 10.2 Å². The molecule has 0 saturated carbocycles. The zero-order chi connectivity index (χ0) is 16.2. The van der Waals surface area contributed by atoms with Crippen molar-refractivity contribution in [2.24, 2.45) is 0 Å². The van der Waals surface area contributed by atoms with E-state index in [0.717, 1.165) is 33.5 Å². The molecule has 2 aromatic carbocycles. The second-order valence-electron chi connectivity index (χ2n) is 5.55. The van der Waals surface area contributed by atoms with Crippen molar-refractivity contribution >= 4 is 45.8 Å². The van der Waals surface area contributed by atoms with Gasteiger partial charge in [-0.05, 0) is 64.9 Å². The van der Waals surface area contributed by atoms with Crippen molar-refractivity contribution in [3.63, 3.8) is 0 Å². The topological polar surface area (TPSA) is 49.4 Å². The lowest BCUT2D eigenvalue weighted by Crippen LogP contribution is -2.23. The predicted molar refractivity (Wildman–Crippen MR) is 99.5 cm³/mol. The van der Waals surface area contributed by atoms with Gasteiger partial charge in [0, 0.05) is 27.9 Å². The Hall–Kier alpha value is -1.89. The average molecular weight is 420 g/mol. The summed E-state index contributed by atoms with van der Waals surface area (Å²) in [6, 6.07) is 15.4. The summed E-state index contributed by atoms with van der Waals surface area (Å²) in [6.07, 6.45) is 1.86. The van der Waals surface area contributed by atoms with Crippen LogP contribution in [0.15, 0.2) is 48.5 Å². The molecule has 0 bridgehead atoms. The van der Waals surface area contributed by atoms with E-state index in [1.807, 2.05) is 48.5 Å². The van der Waals surface area contributed by atoms with Gasteiger partial charge < -0.3 is 10.2 Å². The first kappa shape index (κ1) is 16.0. The Labute approximate surface area is 149 Å². The summed E-state index contributed by atoms with van der Waals surface area (Å²) in [7, 11) is 0. The van der Waals surface area contributed by atoms with Crippen LogP contribution in [0.3, 0.4) is 0 Å². The molecule has 1 heterocycles. The van der Waals surface area contributed by atoms with E-state index >= 15 is 0 Å². The second-order valence-corrected chi connectivity index (χ2v) is 6.80. The Kier molecular flexibility index (Phi) is 4.95. The molecule has 2 aromatic rings. The molecule has 0 unspecified atom stereocenters. The molecule has 1 aliphatic rings. The van der Waals surface area contributed by atoms with Gasteiger partial charge in [0.2, 0.25) is 11.8 Å². The zero-order valence-electron chi connectivity index (χ0n) is 12.6. The Morgan fingerprint density at radius 2 is 1.96 bits per heavy atom. The fourth-order valence-electron chi connectivity index (χ4n) is 2.67. The van der Waals surface area contributed by atoms with Gasteiger partial charge in [-0.2, -0.15) is 0 Å². The minimum atomic E-state index is -0.0444. The Bertz CT molecular complexity index is 728. The largest absolute Gasteiger partial charge is 0.326 e. The van der Waals surface area contributed by atoms with Gasteiger partial charge in [-0.1, -0.05) is 18.2 Å². The third kappa shape index (κ3) is 4.10. The van der Waals surface area contributed by atoms with E-state index < -0.39 is 0 Å². The van der Waals surface area contributed by atoms with Crippen LogP contribution in [-0.2, 0) is 16.0 Å². The number of rotatable bonds is 4. The summed E-state index contributed by atoms with van der Waals surface area (Å²) in [6.45, 7) is 0.783. The maximum atomic E-state index is 12.1. The number of anilines is 2. The van der Waals surface area contributed by atoms with Crippen molar-refractivity contribution in [3.8, 4) is 0 Å². The van der Waals surface area contributed by atoms with Gasteiger partial charge >= 0.3 is 0 Å². The van der Waals surface area contributed by atoms with Gasteiger partial charge in [0.15, 0.2) is 0 Å². The third-order valence-corrected chi connectivity index (χ3v) is 4.47. The molecule has 2 amide bonds. The molecule has 3 rings (SSSR count). The van der Waals surface area contributed by atoms with Crippen LogP contribution in [0.2, 0.25) is 0 Å². The van der Waals surface area contributed by atoms with Crippen LogP contribution in [0, 0.1) is 3.57 Å². The molecular weight excluding hydrogens is 403 g/mol. The standard InChI is InChI=1S/C18H17IN2O2/c19-14-3-1-4-15(12-14)20-17(22)11-13-6-8-16(9-7-13)21-10-2-5-18(21)23/h1,3-4,6-9,12H,2,5,10-11H2,(H,20,22). The summed E-state index contributed by atoms with van der Waals surface area (Å²) < 4.78 is 1.08. The number of benzene rings is 2. The molecule has 23 heavy (non-hydrogen) atoms. The van der Waals surface area contributed by atoms with E-state index in [2.05, 4.69) is 27.9 Å². The quantitative estimate of drug-likeness (QED) is 0.769. The normalized spacial score (nSPS) is 14.1. The monoisotopic (exact) mass is 420 g/mol. The first-order chi connectivity index (χ1) is 11.1. The Morgan fingerprint density at radius 1 is 1.17 bits per heavy atom. The van der Waals surface area contributed by atoms with Crippen molar-refractivity contribution in [1.82, 2.24) is 0 Å². The highest BCUT2D eigenvalue weighted by Crippen LogP contribution is 2.22. The number of amides is 2. The van der Waals surface area contributed by atoms with Crippen molar-refractivity contribution in [2.75, 3.05) is 16.8 Å². The van der Waals surface area contributed by atoms with Gasteiger partial charge in [-0.25, -0.2) is 0 Å². The highest BCUT2D eigenvalue weighted by molar-refractivity contribution is 14.1. The van der Waals surface area contributed by atoms with Gasteiger partial charge in [-0.15, -0.1) is 0 Å². The van der Waals surface area contributed by atoms with Crippen molar-refractivity contribution < 1.29 is 9.59 Å². The number of carbonyl (C=O) groups is 2. The Morgan fingerprint density at radius 3 is 2.61 bits per heavy atom. The summed E-state index contributed by atoms with van der Waals surface area (Å²) in [5.41, 5.74) is 2.65. The molecular formula is C18H17IN2O2. The SMILES string of the molecule is O=C(Cc1ccc(N2CCCC2=O)cc1)Nc1cccc(I)c1. The van der Waals surface area contributed by atoms with Crippen LogP contribution >= 0.6 is 22.6 Å². The van der Waals surface area contributed by atoms with Crippen molar-refractivity contribution in [3.05, 3.63) is 57.7 Å². The number of nitrogens with one attached hydrogen (secondary N) is 1. The predicted octanol–water partition coefficient (Wildman–Crippen LogP) is 3.60. The summed E-state index contributed by atoms with van der Waals surface area (Å²) in [5.74, 6) is 0.131. The van der Waals surface area contributed by atoms with Gasteiger partial charge in [0.25, 0.3) is 0 Å². The third-order valence-electron chi connectivity index (χ3n) is 3.79. The highest BCUT2D eigenvalue weighted by Gasteiger charge is 2.21. The molecule has 0 aliphatic carbocycles. The molecule has 5 heteroatoms. The summed E-state index contributed by atoms with van der Waals surface area (Å²) in [4.78, 5) is 25.6. The smallest absolute Gasteiger partial charge is 0.228 e. The lowest BCUT2D eigenvalue weighted by Gasteiger charge is -2.15. The molecule has 1 N–H and O–H groups in total.